The number of nitrogens with zero attached hydrogens (tertiary/aromatic N) is 8. The van der Waals surface area contributed by atoms with Gasteiger partial charge in [-0.05, 0) is 55.7 Å². The van der Waals surface area contributed by atoms with Crippen molar-refractivity contribution >= 4 is 39.3 Å². The number of likely N-dealkylation sites (tertiary alicyclic amines) is 1. The van der Waals surface area contributed by atoms with Crippen LogP contribution in [-0.2, 0) is 4.79 Å². The Labute approximate surface area is 253 Å². The van der Waals surface area contributed by atoms with Gasteiger partial charge in [0.1, 0.15) is 22.5 Å². The lowest BCUT2D eigenvalue weighted by atomic mass is 10.1. The van der Waals surface area contributed by atoms with Gasteiger partial charge in [0, 0.05) is 69.7 Å². The molecule has 5 heterocycles. The number of amides is 1. The molecule has 1 aromatic carbocycles. The molecule has 1 amide bonds. The van der Waals surface area contributed by atoms with Crippen LogP contribution in [-0.4, -0.2) is 94.4 Å². The van der Waals surface area contributed by atoms with Gasteiger partial charge in [0.05, 0.1) is 29.5 Å². The van der Waals surface area contributed by atoms with Crippen LogP contribution in [0.5, 0.6) is 0 Å². The van der Waals surface area contributed by atoms with Crippen LogP contribution in [0.4, 0.5) is 20.9 Å². The largest absolute Gasteiger partial charge is 0.389 e. The Morgan fingerprint density at radius 2 is 1.91 bits per heavy atom. The number of aliphatic hydroxyl groups excluding tert-OH is 1. The minimum atomic E-state index is -0.382. The Morgan fingerprint density at radius 1 is 1.19 bits per heavy atom. The first-order valence-corrected chi connectivity index (χ1v) is 15.5. The van der Waals surface area contributed by atoms with E-state index in [0.717, 1.165) is 67.2 Å². The number of β-amino-alcohol motifs (C(OH)–C–C–N with tert-alkyl or cyclic N) is 1. The summed E-state index contributed by atoms with van der Waals surface area (Å²) in [5, 5.41) is 25.1. The van der Waals surface area contributed by atoms with E-state index >= 15 is 0 Å². The number of halogens is 1. The molecule has 3 aliphatic rings. The van der Waals surface area contributed by atoms with Crippen molar-refractivity contribution in [3.8, 4) is 17.3 Å². The van der Waals surface area contributed by atoms with E-state index in [4.69, 9.17) is 10.1 Å². The number of hydrogen-bond donors (Lipinski definition) is 1. The molecule has 43 heavy (non-hydrogen) atoms. The summed E-state index contributed by atoms with van der Waals surface area (Å²) in [5.41, 5.74) is 6.55. The normalized spacial score (nSPS) is 17.7. The number of nitriles is 1. The van der Waals surface area contributed by atoms with Crippen molar-refractivity contribution in [3.63, 3.8) is 0 Å². The zero-order chi connectivity index (χ0) is 29.8. The number of hydrogen-bond acceptors (Lipinski definition) is 9. The third-order valence-electron chi connectivity index (χ3n) is 8.65. The SMILES string of the molecule is Cc1cn2nc(C3CC3)c(N(C)c3nc(-c4ccc(F)cc4)c(C#N)s3)c2cc1N1CCN(CC(=O)N2CC(O)C2)CC1. The van der Waals surface area contributed by atoms with Crippen LogP contribution in [0.3, 0.4) is 0 Å². The molecule has 3 aromatic heterocycles. The summed E-state index contributed by atoms with van der Waals surface area (Å²) in [6, 6.07) is 10.6. The molecular weight excluding hydrogens is 567 g/mol. The van der Waals surface area contributed by atoms with Gasteiger partial charge in [-0.2, -0.15) is 10.4 Å². The molecule has 2 aliphatic heterocycles. The summed E-state index contributed by atoms with van der Waals surface area (Å²) in [6.45, 7) is 6.56. The van der Waals surface area contributed by atoms with Crippen molar-refractivity contribution in [2.24, 2.45) is 0 Å². The Hall–Kier alpha value is -4.05. The fraction of sp³-hybridized carbons (Fsp3) is 0.419. The van der Waals surface area contributed by atoms with Gasteiger partial charge < -0.3 is 19.8 Å². The number of pyridine rings is 1. The van der Waals surface area contributed by atoms with Gasteiger partial charge in [-0.3, -0.25) is 9.69 Å². The number of aromatic nitrogens is 3. The Balaban J connectivity index is 1.17. The van der Waals surface area contributed by atoms with Crippen molar-refractivity contribution in [2.75, 3.05) is 62.7 Å². The summed E-state index contributed by atoms with van der Waals surface area (Å²) in [5.74, 6) is 0.144. The van der Waals surface area contributed by atoms with Gasteiger partial charge in [-0.1, -0.05) is 11.3 Å². The predicted molar refractivity (Wildman–Crippen MR) is 163 cm³/mol. The highest BCUT2D eigenvalue weighted by molar-refractivity contribution is 7.16. The summed E-state index contributed by atoms with van der Waals surface area (Å²) < 4.78 is 15.5. The maximum atomic E-state index is 13.6. The minimum absolute atomic E-state index is 0.0835. The molecule has 0 atom stereocenters. The third-order valence-corrected chi connectivity index (χ3v) is 9.69. The van der Waals surface area contributed by atoms with E-state index in [-0.39, 0.29) is 17.8 Å². The molecule has 7 rings (SSSR count). The second-order valence-corrected chi connectivity index (χ2v) is 12.7. The minimum Gasteiger partial charge on any atom is -0.389 e. The van der Waals surface area contributed by atoms with Crippen molar-refractivity contribution < 1.29 is 14.3 Å². The molecule has 10 nitrogen and oxygen atoms in total. The number of aliphatic hydroxyl groups is 1. The van der Waals surface area contributed by atoms with Crippen LogP contribution >= 0.6 is 11.3 Å². The molecule has 2 saturated heterocycles. The predicted octanol–water partition coefficient (Wildman–Crippen LogP) is 3.75. The van der Waals surface area contributed by atoms with Crippen LogP contribution in [0.2, 0.25) is 0 Å². The van der Waals surface area contributed by atoms with Gasteiger partial charge in [-0.15, -0.1) is 0 Å². The van der Waals surface area contributed by atoms with E-state index in [0.29, 0.717) is 46.8 Å². The Kier molecular flexibility index (Phi) is 7.04. The van der Waals surface area contributed by atoms with Crippen LogP contribution in [0.25, 0.3) is 16.8 Å². The molecule has 0 unspecified atom stereocenters. The third kappa shape index (κ3) is 5.22. The fourth-order valence-electron chi connectivity index (χ4n) is 6.02. The summed E-state index contributed by atoms with van der Waals surface area (Å²) >= 11 is 1.32. The molecule has 0 radical (unpaired) electrons. The number of aryl methyl sites for hydroxylation is 1. The number of rotatable bonds is 7. The molecule has 1 N–H and O–H groups in total. The average molecular weight is 601 g/mol. The number of carbonyl (C=O) groups excluding carboxylic acids is 1. The highest BCUT2D eigenvalue weighted by Gasteiger charge is 2.34. The molecule has 222 valence electrons. The fourth-order valence-corrected chi connectivity index (χ4v) is 6.88. The zero-order valence-corrected chi connectivity index (χ0v) is 25.0. The quantitative estimate of drug-likeness (QED) is 0.342. The topological polar surface area (TPSA) is 104 Å². The zero-order valence-electron chi connectivity index (χ0n) is 24.2. The van der Waals surface area contributed by atoms with E-state index in [2.05, 4.69) is 35.1 Å². The lowest BCUT2D eigenvalue weighted by Gasteiger charge is -2.40. The summed E-state index contributed by atoms with van der Waals surface area (Å²) in [6.07, 6.45) is 3.89. The smallest absolute Gasteiger partial charge is 0.236 e. The first kappa shape index (κ1) is 27.8. The monoisotopic (exact) mass is 600 g/mol. The van der Waals surface area contributed by atoms with Crippen LogP contribution < -0.4 is 9.80 Å². The molecule has 1 aliphatic carbocycles. The molecular formula is C31H33FN8O2S. The second-order valence-electron chi connectivity index (χ2n) is 11.7. The van der Waals surface area contributed by atoms with Crippen molar-refractivity contribution in [1.29, 1.82) is 5.26 Å². The highest BCUT2D eigenvalue weighted by atomic mass is 32.1. The highest BCUT2D eigenvalue weighted by Crippen LogP contribution is 2.48. The Morgan fingerprint density at radius 3 is 2.56 bits per heavy atom. The van der Waals surface area contributed by atoms with Crippen molar-refractivity contribution in [2.45, 2.75) is 31.8 Å². The van der Waals surface area contributed by atoms with E-state index in [1.807, 2.05) is 16.5 Å². The maximum Gasteiger partial charge on any atom is 0.236 e. The lowest BCUT2D eigenvalue weighted by Crippen LogP contribution is -2.57. The molecule has 1 saturated carbocycles. The molecule has 3 fully saturated rings. The van der Waals surface area contributed by atoms with Crippen LogP contribution in [0, 0.1) is 24.1 Å². The summed E-state index contributed by atoms with van der Waals surface area (Å²) in [7, 11) is 1.98. The van der Waals surface area contributed by atoms with Gasteiger partial charge in [0.2, 0.25) is 5.91 Å². The number of thiazole rings is 1. The molecule has 0 bridgehead atoms. The van der Waals surface area contributed by atoms with Crippen LogP contribution in [0.1, 0.15) is 34.9 Å². The van der Waals surface area contributed by atoms with Gasteiger partial charge in [-0.25, -0.2) is 13.9 Å². The van der Waals surface area contributed by atoms with Gasteiger partial charge in [0.25, 0.3) is 0 Å². The molecule has 4 aromatic rings. The number of anilines is 3. The van der Waals surface area contributed by atoms with Crippen LogP contribution in [0.15, 0.2) is 36.5 Å². The average Bonchev–Trinajstić information content (AvgIpc) is 3.64. The maximum absolute atomic E-state index is 13.6. The van der Waals surface area contributed by atoms with Crippen molar-refractivity contribution in [1.82, 2.24) is 24.4 Å². The van der Waals surface area contributed by atoms with E-state index < -0.39 is 0 Å². The molecule has 0 spiro atoms. The lowest BCUT2D eigenvalue weighted by molar-refractivity contribution is -0.142. The van der Waals surface area contributed by atoms with Gasteiger partial charge >= 0.3 is 0 Å². The van der Waals surface area contributed by atoms with E-state index in [1.165, 1.54) is 23.5 Å². The standard InChI is InChI=1S/C31H33FN8O2S/c1-19-15-40-25(13-24(19)38-11-9-37(10-12-38)18-27(42)39-16-23(41)17-39)30(29(35-40)21-3-4-21)36(2)31-34-28(26(14-33)43-31)20-5-7-22(32)8-6-20/h5-8,13,15,21,23,41H,3-4,9-12,16-18H2,1-2H3. The molecule has 12 heteroatoms. The first-order chi connectivity index (χ1) is 20.8. The second kappa shape index (κ2) is 10.9. The Bertz CT molecular complexity index is 1730. The summed E-state index contributed by atoms with van der Waals surface area (Å²) in [4.78, 5) is 26.2. The van der Waals surface area contributed by atoms with Crippen molar-refractivity contribution in [3.05, 3.63) is 58.5 Å². The number of carbonyl (C=O) groups is 1. The number of piperazine rings is 1. The number of fused-ring (bicyclic) bond motifs is 1. The van der Waals surface area contributed by atoms with E-state index in [1.54, 1.807) is 17.0 Å². The van der Waals surface area contributed by atoms with E-state index in [9.17, 15) is 19.6 Å². The first-order valence-electron chi connectivity index (χ1n) is 14.7. The van der Waals surface area contributed by atoms with Gasteiger partial charge in [0.15, 0.2) is 5.13 Å². The number of benzene rings is 1.